The molecule has 0 bridgehead atoms. The molecule has 0 aromatic heterocycles. The number of aryl methyl sites for hydroxylation is 1. The van der Waals surface area contributed by atoms with Crippen LogP contribution in [0.15, 0.2) is 83.8 Å². The van der Waals surface area contributed by atoms with E-state index in [9.17, 15) is 18.0 Å². The molecule has 1 aliphatic rings. The van der Waals surface area contributed by atoms with Gasteiger partial charge in [-0.15, -0.1) is 0 Å². The molecule has 7 nitrogen and oxygen atoms in total. The lowest BCUT2D eigenvalue weighted by molar-refractivity contribution is -0.124. The summed E-state index contributed by atoms with van der Waals surface area (Å²) in [6.07, 6.45) is 2.06. The molecule has 0 radical (unpaired) electrons. The fourth-order valence-corrected chi connectivity index (χ4v) is 5.24. The van der Waals surface area contributed by atoms with Crippen LogP contribution in [0, 0.1) is 6.92 Å². The molecule has 1 aliphatic heterocycles. The van der Waals surface area contributed by atoms with Crippen LogP contribution in [-0.4, -0.2) is 44.3 Å². The van der Waals surface area contributed by atoms with Crippen LogP contribution in [0.5, 0.6) is 0 Å². The fourth-order valence-electron chi connectivity index (χ4n) is 4.19. The standard InChI is InChI=1S/C27H29N3O4S/c1-20-12-14-24(15-13-20)35(33,34)29-23-10-5-9-22(19-23)27(32)30-18-6-11-25(30)26(31)28-17-16-21-7-3-2-4-8-21/h2-5,7-10,12-15,19,25,29H,6,11,16-18H2,1H3,(H,28,31). The molecule has 8 heteroatoms. The summed E-state index contributed by atoms with van der Waals surface area (Å²) < 4.78 is 28.0. The molecule has 3 aromatic carbocycles. The van der Waals surface area contributed by atoms with Gasteiger partial charge in [-0.2, -0.15) is 0 Å². The number of carbonyl (C=O) groups excluding carboxylic acids is 2. The van der Waals surface area contributed by atoms with Crippen LogP contribution >= 0.6 is 0 Å². The Labute approximate surface area is 206 Å². The van der Waals surface area contributed by atoms with Gasteiger partial charge < -0.3 is 10.2 Å². The van der Waals surface area contributed by atoms with Gasteiger partial charge in [0.2, 0.25) is 5.91 Å². The first-order valence-corrected chi connectivity index (χ1v) is 13.1. The number of likely N-dealkylation sites (tertiary alicyclic amines) is 1. The normalized spacial score (nSPS) is 15.6. The van der Waals surface area contributed by atoms with Crippen LogP contribution in [0.2, 0.25) is 0 Å². The van der Waals surface area contributed by atoms with Crippen molar-refractivity contribution >= 4 is 27.5 Å². The minimum Gasteiger partial charge on any atom is -0.354 e. The number of carbonyl (C=O) groups is 2. The number of rotatable bonds is 8. The lowest BCUT2D eigenvalue weighted by Gasteiger charge is -2.24. The van der Waals surface area contributed by atoms with E-state index >= 15 is 0 Å². The molecule has 1 unspecified atom stereocenters. The summed E-state index contributed by atoms with van der Waals surface area (Å²) in [5.41, 5.74) is 2.72. The van der Waals surface area contributed by atoms with Gasteiger partial charge in [0, 0.05) is 24.3 Å². The second kappa shape index (κ2) is 10.7. The molecule has 2 N–H and O–H groups in total. The number of amides is 2. The van der Waals surface area contributed by atoms with E-state index in [1.165, 1.54) is 18.2 Å². The molecule has 1 saturated heterocycles. The highest BCUT2D eigenvalue weighted by molar-refractivity contribution is 7.92. The van der Waals surface area contributed by atoms with Gasteiger partial charge >= 0.3 is 0 Å². The third-order valence-corrected chi connectivity index (χ3v) is 7.46. The van der Waals surface area contributed by atoms with Crippen molar-refractivity contribution in [1.29, 1.82) is 0 Å². The highest BCUT2D eigenvalue weighted by Gasteiger charge is 2.34. The van der Waals surface area contributed by atoms with Crippen LogP contribution in [0.4, 0.5) is 5.69 Å². The van der Waals surface area contributed by atoms with Gasteiger partial charge in [-0.05, 0) is 62.1 Å². The third-order valence-electron chi connectivity index (χ3n) is 6.07. The van der Waals surface area contributed by atoms with Gasteiger partial charge in [-0.1, -0.05) is 54.1 Å². The molecule has 0 spiro atoms. The first kappa shape index (κ1) is 24.5. The summed E-state index contributed by atoms with van der Waals surface area (Å²) in [5.74, 6) is -0.454. The first-order chi connectivity index (χ1) is 16.8. The average Bonchev–Trinajstić information content (AvgIpc) is 3.34. The number of nitrogens with zero attached hydrogens (tertiary/aromatic N) is 1. The minimum atomic E-state index is -3.79. The van der Waals surface area contributed by atoms with E-state index < -0.39 is 16.1 Å². The van der Waals surface area contributed by atoms with Gasteiger partial charge in [-0.3, -0.25) is 14.3 Å². The summed E-state index contributed by atoms with van der Waals surface area (Å²) in [5, 5.41) is 2.95. The van der Waals surface area contributed by atoms with Gasteiger partial charge in [0.15, 0.2) is 0 Å². The Kier molecular flexibility index (Phi) is 7.51. The van der Waals surface area contributed by atoms with E-state index in [0.29, 0.717) is 30.8 Å². The van der Waals surface area contributed by atoms with Crippen LogP contribution < -0.4 is 10.0 Å². The second-order valence-electron chi connectivity index (χ2n) is 8.68. The summed E-state index contributed by atoms with van der Waals surface area (Å²) in [6, 6.07) is 22.3. The zero-order chi connectivity index (χ0) is 24.8. The van der Waals surface area contributed by atoms with Gasteiger partial charge in [0.25, 0.3) is 15.9 Å². The van der Waals surface area contributed by atoms with E-state index in [4.69, 9.17) is 0 Å². The van der Waals surface area contributed by atoms with E-state index in [-0.39, 0.29) is 16.7 Å². The summed E-state index contributed by atoms with van der Waals surface area (Å²) in [6.45, 7) is 2.86. The van der Waals surface area contributed by atoms with Crippen molar-refractivity contribution < 1.29 is 18.0 Å². The van der Waals surface area contributed by atoms with Gasteiger partial charge in [0.1, 0.15) is 6.04 Å². The molecule has 3 aromatic rings. The molecule has 35 heavy (non-hydrogen) atoms. The average molecular weight is 492 g/mol. The number of benzene rings is 3. The third kappa shape index (κ3) is 6.08. The van der Waals surface area contributed by atoms with Crippen LogP contribution in [0.25, 0.3) is 0 Å². The van der Waals surface area contributed by atoms with Crippen molar-refractivity contribution in [3.8, 4) is 0 Å². The van der Waals surface area contributed by atoms with Crippen molar-refractivity contribution in [2.24, 2.45) is 0 Å². The van der Waals surface area contributed by atoms with Crippen molar-refractivity contribution in [2.75, 3.05) is 17.8 Å². The molecule has 4 rings (SSSR count). The zero-order valence-electron chi connectivity index (χ0n) is 19.6. The smallest absolute Gasteiger partial charge is 0.261 e. The Bertz CT molecular complexity index is 1290. The predicted octanol–water partition coefficient (Wildman–Crippen LogP) is 3.76. The maximum Gasteiger partial charge on any atom is 0.261 e. The van der Waals surface area contributed by atoms with Gasteiger partial charge in [0.05, 0.1) is 4.90 Å². The lowest BCUT2D eigenvalue weighted by Crippen LogP contribution is -2.46. The van der Waals surface area contributed by atoms with E-state index in [1.807, 2.05) is 37.3 Å². The zero-order valence-corrected chi connectivity index (χ0v) is 20.4. The molecule has 2 amide bonds. The van der Waals surface area contributed by atoms with Gasteiger partial charge in [-0.25, -0.2) is 8.42 Å². The maximum atomic E-state index is 13.3. The molecule has 182 valence electrons. The number of sulfonamides is 1. The highest BCUT2D eigenvalue weighted by Crippen LogP contribution is 2.23. The molecule has 0 aliphatic carbocycles. The minimum absolute atomic E-state index is 0.145. The summed E-state index contributed by atoms with van der Waals surface area (Å²) in [7, 11) is -3.79. The number of nitrogens with one attached hydrogen (secondary N) is 2. The van der Waals surface area contributed by atoms with Crippen molar-refractivity contribution in [1.82, 2.24) is 10.2 Å². The fraction of sp³-hybridized carbons (Fsp3) is 0.259. The Hall–Kier alpha value is -3.65. The maximum absolute atomic E-state index is 13.3. The summed E-state index contributed by atoms with van der Waals surface area (Å²) in [4.78, 5) is 27.8. The Morgan fingerprint density at radius 3 is 2.46 bits per heavy atom. The number of hydrogen-bond donors (Lipinski definition) is 2. The van der Waals surface area contributed by atoms with E-state index in [0.717, 1.165) is 24.0 Å². The molecule has 0 saturated carbocycles. The van der Waals surface area contributed by atoms with E-state index in [1.54, 1.807) is 35.2 Å². The van der Waals surface area contributed by atoms with Crippen molar-refractivity contribution in [3.63, 3.8) is 0 Å². The molecule has 1 heterocycles. The molecular weight excluding hydrogens is 462 g/mol. The SMILES string of the molecule is Cc1ccc(S(=O)(=O)Nc2cccc(C(=O)N3CCCC3C(=O)NCCc3ccccc3)c2)cc1. The monoisotopic (exact) mass is 491 g/mol. The van der Waals surface area contributed by atoms with Crippen molar-refractivity contribution in [3.05, 3.63) is 95.6 Å². The second-order valence-corrected chi connectivity index (χ2v) is 10.4. The highest BCUT2D eigenvalue weighted by atomic mass is 32.2. The topological polar surface area (TPSA) is 95.6 Å². The van der Waals surface area contributed by atoms with Crippen molar-refractivity contribution in [2.45, 2.75) is 37.1 Å². The first-order valence-electron chi connectivity index (χ1n) is 11.7. The van der Waals surface area contributed by atoms with Crippen LogP contribution in [-0.2, 0) is 21.2 Å². The lowest BCUT2D eigenvalue weighted by atomic mass is 10.1. The molecule has 1 fully saturated rings. The Morgan fingerprint density at radius 1 is 0.971 bits per heavy atom. The van der Waals surface area contributed by atoms with E-state index in [2.05, 4.69) is 10.0 Å². The quantitative estimate of drug-likeness (QED) is 0.502. The van der Waals surface area contributed by atoms with Crippen LogP contribution in [0.1, 0.15) is 34.3 Å². The Morgan fingerprint density at radius 2 is 1.71 bits per heavy atom. The molecular formula is C27H29N3O4S. The summed E-state index contributed by atoms with van der Waals surface area (Å²) >= 11 is 0. The van der Waals surface area contributed by atoms with Crippen LogP contribution in [0.3, 0.4) is 0 Å². The molecule has 1 atom stereocenters. The number of hydrogen-bond acceptors (Lipinski definition) is 4. The predicted molar refractivity (Wildman–Crippen MR) is 136 cm³/mol. The largest absolute Gasteiger partial charge is 0.354 e. The number of anilines is 1. The Balaban J connectivity index is 1.41.